The maximum atomic E-state index is 11.7. The number of amides is 1. The molecule has 1 aliphatic rings. The summed E-state index contributed by atoms with van der Waals surface area (Å²) in [5.74, 6) is 0.834. The third kappa shape index (κ3) is 3.51. The van der Waals surface area contributed by atoms with Crippen LogP contribution >= 0.6 is 0 Å². The minimum absolute atomic E-state index is 0.0619. The first kappa shape index (κ1) is 12.0. The van der Waals surface area contributed by atoms with Crippen molar-refractivity contribution < 1.29 is 4.79 Å². The molecule has 4 heteroatoms. The molecule has 1 fully saturated rings. The normalized spacial score (nSPS) is 16.2. The second-order valence-electron chi connectivity index (χ2n) is 4.90. The average molecular weight is 235 g/mol. The van der Waals surface area contributed by atoms with E-state index in [1.54, 1.807) is 12.3 Å². The molecule has 1 aromatic heterocycles. The second kappa shape index (κ2) is 5.75. The van der Waals surface area contributed by atoms with Crippen LogP contribution in [-0.2, 0) is 0 Å². The van der Waals surface area contributed by atoms with E-state index in [1.165, 1.54) is 32.1 Å². The predicted octanol–water partition coefficient (Wildman–Crippen LogP) is 2.30. The molecule has 0 aliphatic heterocycles. The maximum absolute atomic E-state index is 11.7. The van der Waals surface area contributed by atoms with E-state index in [0.717, 1.165) is 18.9 Å². The topological polar surface area (TPSA) is 70.9 Å². The van der Waals surface area contributed by atoms with Crippen molar-refractivity contribution in [1.29, 1.82) is 0 Å². The van der Waals surface area contributed by atoms with Crippen LogP contribution in [0, 0.1) is 5.92 Å². The summed E-state index contributed by atoms with van der Waals surface area (Å²) in [6.07, 6.45) is 9.48. The lowest BCUT2D eigenvalue weighted by Gasteiger charge is -2.08. The minimum atomic E-state index is -0.0619. The number of rotatable bonds is 5. The summed E-state index contributed by atoms with van der Waals surface area (Å²) < 4.78 is 0. The monoisotopic (exact) mass is 235 g/mol. The number of nitrogens with one attached hydrogen (secondary N) is 2. The molecule has 1 aliphatic carbocycles. The lowest BCUT2D eigenvalue weighted by molar-refractivity contribution is 0.0948. The molecule has 1 saturated carbocycles. The van der Waals surface area contributed by atoms with Gasteiger partial charge in [-0.15, -0.1) is 0 Å². The van der Waals surface area contributed by atoms with Gasteiger partial charge in [0, 0.05) is 18.4 Å². The molecule has 4 N–H and O–H groups in total. The van der Waals surface area contributed by atoms with Gasteiger partial charge < -0.3 is 16.0 Å². The van der Waals surface area contributed by atoms with Crippen LogP contribution in [-0.4, -0.2) is 17.4 Å². The van der Waals surface area contributed by atoms with Crippen LogP contribution in [0.2, 0.25) is 0 Å². The number of hydrogen-bond acceptors (Lipinski definition) is 2. The fourth-order valence-electron chi connectivity index (χ4n) is 2.53. The molecule has 0 atom stereocenters. The molecule has 2 rings (SSSR count). The minimum Gasteiger partial charge on any atom is -0.397 e. The summed E-state index contributed by atoms with van der Waals surface area (Å²) >= 11 is 0. The molecule has 0 aromatic carbocycles. The number of aromatic nitrogens is 1. The highest BCUT2D eigenvalue weighted by Gasteiger charge is 2.14. The molecule has 0 bridgehead atoms. The Balaban J connectivity index is 1.63. The van der Waals surface area contributed by atoms with Gasteiger partial charge in [-0.1, -0.05) is 25.7 Å². The standard InChI is InChI=1S/C13H21N3O/c14-11-8-12(16-9-11)13(17)15-7-3-6-10-4-1-2-5-10/h8-10,16H,1-7,14H2,(H,15,17). The van der Waals surface area contributed by atoms with Gasteiger partial charge in [0.15, 0.2) is 0 Å². The van der Waals surface area contributed by atoms with E-state index >= 15 is 0 Å². The summed E-state index contributed by atoms with van der Waals surface area (Å²) in [6, 6.07) is 1.66. The van der Waals surface area contributed by atoms with Gasteiger partial charge >= 0.3 is 0 Å². The van der Waals surface area contributed by atoms with Crippen LogP contribution in [0.25, 0.3) is 0 Å². The molecular weight excluding hydrogens is 214 g/mol. The Morgan fingerprint density at radius 3 is 2.88 bits per heavy atom. The molecule has 0 radical (unpaired) electrons. The van der Waals surface area contributed by atoms with Crippen molar-refractivity contribution in [2.75, 3.05) is 12.3 Å². The summed E-state index contributed by atoms with van der Waals surface area (Å²) in [5.41, 5.74) is 6.69. The number of hydrogen-bond donors (Lipinski definition) is 3. The molecule has 1 heterocycles. The Hall–Kier alpha value is -1.45. The number of H-pyrrole nitrogens is 1. The van der Waals surface area contributed by atoms with Crippen LogP contribution in [0.5, 0.6) is 0 Å². The Kier molecular flexibility index (Phi) is 4.07. The van der Waals surface area contributed by atoms with Gasteiger partial charge in [-0.25, -0.2) is 0 Å². The quantitative estimate of drug-likeness (QED) is 0.685. The van der Waals surface area contributed by atoms with Crippen LogP contribution in [0.3, 0.4) is 0 Å². The SMILES string of the molecule is Nc1c[nH]c(C(=O)NCCCC2CCCC2)c1. The molecule has 0 unspecified atom stereocenters. The number of carbonyl (C=O) groups excluding carboxylic acids is 1. The lowest BCUT2D eigenvalue weighted by atomic mass is 10.0. The smallest absolute Gasteiger partial charge is 0.267 e. The van der Waals surface area contributed by atoms with E-state index in [1.807, 2.05) is 0 Å². The van der Waals surface area contributed by atoms with Gasteiger partial charge in [-0.05, 0) is 24.8 Å². The highest BCUT2D eigenvalue weighted by atomic mass is 16.1. The molecule has 0 spiro atoms. The Morgan fingerprint density at radius 1 is 1.47 bits per heavy atom. The van der Waals surface area contributed by atoms with Gasteiger partial charge in [0.1, 0.15) is 5.69 Å². The van der Waals surface area contributed by atoms with E-state index < -0.39 is 0 Å². The molecule has 0 saturated heterocycles. The number of aromatic amines is 1. The highest BCUT2D eigenvalue weighted by Crippen LogP contribution is 2.28. The zero-order valence-electron chi connectivity index (χ0n) is 10.2. The van der Waals surface area contributed by atoms with Crippen molar-refractivity contribution in [3.8, 4) is 0 Å². The van der Waals surface area contributed by atoms with E-state index in [-0.39, 0.29) is 5.91 Å². The average Bonchev–Trinajstić information content (AvgIpc) is 2.95. The fourth-order valence-corrected chi connectivity index (χ4v) is 2.53. The van der Waals surface area contributed by atoms with Crippen LogP contribution in [0.4, 0.5) is 5.69 Å². The van der Waals surface area contributed by atoms with Gasteiger partial charge in [0.25, 0.3) is 5.91 Å². The predicted molar refractivity (Wildman–Crippen MR) is 68.7 cm³/mol. The van der Waals surface area contributed by atoms with E-state index in [4.69, 9.17) is 5.73 Å². The van der Waals surface area contributed by atoms with Crippen LogP contribution in [0.15, 0.2) is 12.3 Å². The van der Waals surface area contributed by atoms with Crippen molar-refractivity contribution >= 4 is 11.6 Å². The van der Waals surface area contributed by atoms with Crippen molar-refractivity contribution in [1.82, 2.24) is 10.3 Å². The third-order valence-electron chi connectivity index (χ3n) is 3.50. The number of nitrogen functional groups attached to an aromatic ring is 1. The molecule has 1 aromatic rings. The van der Waals surface area contributed by atoms with Crippen LogP contribution < -0.4 is 11.1 Å². The number of anilines is 1. The lowest BCUT2D eigenvalue weighted by Crippen LogP contribution is -2.25. The Labute approximate surface area is 102 Å². The molecule has 94 valence electrons. The zero-order chi connectivity index (χ0) is 12.1. The third-order valence-corrected chi connectivity index (χ3v) is 3.50. The largest absolute Gasteiger partial charge is 0.397 e. The summed E-state index contributed by atoms with van der Waals surface area (Å²) in [6.45, 7) is 0.758. The van der Waals surface area contributed by atoms with Gasteiger partial charge in [0.2, 0.25) is 0 Å². The summed E-state index contributed by atoms with van der Waals surface area (Å²) in [4.78, 5) is 14.5. The zero-order valence-corrected chi connectivity index (χ0v) is 10.2. The second-order valence-corrected chi connectivity index (χ2v) is 4.90. The first-order valence-corrected chi connectivity index (χ1v) is 6.48. The molecule has 17 heavy (non-hydrogen) atoms. The summed E-state index contributed by atoms with van der Waals surface area (Å²) in [7, 11) is 0. The Morgan fingerprint density at radius 2 is 2.24 bits per heavy atom. The molecule has 4 nitrogen and oxygen atoms in total. The van der Waals surface area contributed by atoms with Crippen LogP contribution in [0.1, 0.15) is 49.0 Å². The van der Waals surface area contributed by atoms with Crippen molar-refractivity contribution in [2.45, 2.75) is 38.5 Å². The molecule has 1 amide bonds. The molecular formula is C13H21N3O. The van der Waals surface area contributed by atoms with Gasteiger partial charge in [0.05, 0.1) is 0 Å². The first-order valence-electron chi connectivity index (χ1n) is 6.48. The number of nitrogens with two attached hydrogens (primary N) is 1. The van der Waals surface area contributed by atoms with Gasteiger partial charge in [-0.2, -0.15) is 0 Å². The Bertz CT molecular complexity index is 366. The van der Waals surface area contributed by atoms with Crippen molar-refractivity contribution in [2.24, 2.45) is 5.92 Å². The summed E-state index contributed by atoms with van der Waals surface area (Å²) in [5, 5.41) is 2.91. The van der Waals surface area contributed by atoms with Gasteiger partial charge in [-0.3, -0.25) is 4.79 Å². The van der Waals surface area contributed by atoms with Crippen molar-refractivity contribution in [3.63, 3.8) is 0 Å². The first-order chi connectivity index (χ1) is 8.25. The van der Waals surface area contributed by atoms with Crippen molar-refractivity contribution in [3.05, 3.63) is 18.0 Å². The van der Waals surface area contributed by atoms with E-state index in [9.17, 15) is 4.79 Å². The van der Waals surface area contributed by atoms with E-state index in [2.05, 4.69) is 10.3 Å². The van der Waals surface area contributed by atoms with E-state index in [0.29, 0.717) is 11.4 Å². The fraction of sp³-hybridized carbons (Fsp3) is 0.615. The number of carbonyl (C=O) groups is 1. The highest BCUT2D eigenvalue weighted by molar-refractivity contribution is 5.93. The maximum Gasteiger partial charge on any atom is 0.267 e.